The Hall–Kier alpha value is 0.0600. The smallest absolute Gasteiger partial charge is 0.314 e. The van der Waals surface area contributed by atoms with Crippen LogP contribution in [-0.2, 0) is 0 Å². The first-order valence-corrected chi connectivity index (χ1v) is 7.72. The molecule has 6 heteroatoms. The number of hydrogen-bond acceptors (Lipinski definition) is 3. The third-order valence-corrected chi connectivity index (χ3v) is 4.69. The summed E-state index contributed by atoms with van der Waals surface area (Å²) in [5.41, 5.74) is -4.09. The maximum absolute atomic E-state index is 12.0. The first-order valence-electron chi connectivity index (χ1n) is 6.74. The van der Waals surface area contributed by atoms with Crippen LogP contribution in [0.3, 0.4) is 0 Å². The molecule has 2 rings (SSSR count). The minimum atomic E-state index is -4.09. The SMILES string of the molecule is FC(F)(F)SCCNC1CCCC1C1CCCN1. The molecular weight excluding hydrogens is 261 g/mol. The number of alkyl halides is 3. The summed E-state index contributed by atoms with van der Waals surface area (Å²) in [6, 6.07) is 0.995. The molecule has 0 amide bonds. The maximum Gasteiger partial charge on any atom is 0.441 e. The van der Waals surface area contributed by atoms with E-state index in [1.807, 2.05) is 0 Å². The fourth-order valence-corrected chi connectivity index (χ4v) is 3.66. The lowest BCUT2D eigenvalue weighted by molar-refractivity contribution is -0.0327. The second kappa shape index (κ2) is 6.48. The minimum Gasteiger partial charge on any atom is -0.314 e. The van der Waals surface area contributed by atoms with Crippen LogP contribution < -0.4 is 10.6 Å². The molecule has 2 fully saturated rings. The molecule has 0 aromatic carbocycles. The van der Waals surface area contributed by atoms with Gasteiger partial charge < -0.3 is 10.6 Å². The quantitative estimate of drug-likeness (QED) is 0.758. The lowest BCUT2D eigenvalue weighted by atomic mass is 9.93. The Labute approximate surface area is 110 Å². The van der Waals surface area contributed by atoms with E-state index in [2.05, 4.69) is 10.6 Å². The Morgan fingerprint density at radius 3 is 2.67 bits per heavy atom. The second-order valence-corrected chi connectivity index (χ2v) is 6.31. The highest BCUT2D eigenvalue weighted by atomic mass is 32.2. The van der Waals surface area contributed by atoms with E-state index in [1.54, 1.807) is 0 Å². The highest BCUT2D eigenvalue weighted by Gasteiger charge is 2.34. The van der Waals surface area contributed by atoms with Crippen LogP contribution >= 0.6 is 11.8 Å². The predicted octanol–water partition coefficient (Wildman–Crippen LogP) is 2.75. The first kappa shape index (κ1) is 14.5. The number of halogens is 3. The van der Waals surface area contributed by atoms with Gasteiger partial charge in [0.15, 0.2) is 0 Å². The maximum atomic E-state index is 12.0. The van der Waals surface area contributed by atoms with Crippen LogP contribution in [0.5, 0.6) is 0 Å². The van der Waals surface area contributed by atoms with E-state index in [0.717, 1.165) is 13.0 Å². The normalized spacial score (nSPS) is 33.2. The van der Waals surface area contributed by atoms with Crippen molar-refractivity contribution in [1.29, 1.82) is 0 Å². The molecule has 1 heterocycles. The summed E-state index contributed by atoms with van der Waals surface area (Å²) in [5, 5.41) is 6.84. The summed E-state index contributed by atoms with van der Waals surface area (Å²) < 4.78 is 36.0. The molecule has 0 radical (unpaired) electrons. The summed E-state index contributed by atoms with van der Waals surface area (Å²) >= 11 is 0.0723. The molecule has 1 aliphatic heterocycles. The van der Waals surface area contributed by atoms with Crippen molar-refractivity contribution < 1.29 is 13.2 Å². The Morgan fingerprint density at radius 1 is 1.17 bits per heavy atom. The van der Waals surface area contributed by atoms with Crippen molar-refractivity contribution in [1.82, 2.24) is 10.6 Å². The van der Waals surface area contributed by atoms with Crippen LogP contribution in [-0.4, -0.2) is 36.4 Å². The fraction of sp³-hybridized carbons (Fsp3) is 1.00. The Balaban J connectivity index is 1.68. The van der Waals surface area contributed by atoms with E-state index in [-0.39, 0.29) is 17.5 Å². The van der Waals surface area contributed by atoms with Crippen molar-refractivity contribution in [2.24, 2.45) is 5.92 Å². The van der Waals surface area contributed by atoms with Gasteiger partial charge in [0.25, 0.3) is 0 Å². The minimum absolute atomic E-state index is 0.0723. The molecule has 3 unspecified atom stereocenters. The molecule has 2 aliphatic rings. The molecule has 1 aliphatic carbocycles. The van der Waals surface area contributed by atoms with Crippen molar-refractivity contribution >= 4 is 11.8 Å². The number of nitrogens with one attached hydrogen (secondary N) is 2. The van der Waals surface area contributed by atoms with Crippen molar-refractivity contribution in [3.63, 3.8) is 0 Å². The molecule has 0 aromatic rings. The van der Waals surface area contributed by atoms with Crippen molar-refractivity contribution in [2.75, 3.05) is 18.8 Å². The van der Waals surface area contributed by atoms with Gasteiger partial charge in [0.2, 0.25) is 0 Å². The summed E-state index contributed by atoms with van der Waals surface area (Å²) in [5.74, 6) is 0.730. The van der Waals surface area contributed by atoms with Gasteiger partial charge in [-0.05, 0) is 49.9 Å². The molecule has 1 saturated carbocycles. The average Bonchev–Trinajstić information content (AvgIpc) is 2.93. The Bertz CT molecular complexity index is 254. The largest absolute Gasteiger partial charge is 0.441 e. The van der Waals surface area contributed by atoms with E-state index in [9.17, 15) is 13.2 Å². The summed E-state index contributed by atoms with van der Waals surface area (Å²) in [4.78, 5) is 0. The van der Waals surface area contributed by atoms with Crippen molar-refractivity contribution in [2.45, 2.75) is 49.7 Å². The van der Waals surface area contributed by atoms with E-state index < -0.39 is 5.51 Å². The van der Waals surface area contributed by atoms with Gasteiger partial charge in [0.1, 0.15) is 0 Å². The van der Waals surface area contributed by atoms with Crippen molar-refractivity contribution in [3.05, 3.63) is 0 Å². The molecule has 1 saturated heterocycles. The summed E-state index contributed by atoms with van der Waals surface area (Å²) in [6.07, 6.45) is 5.98. The molecule has 18 heavy (non-hydrogen) atoms. The highest BCUT2D eigenvalue weighted by Crippen LogP contribution is 2.32. The Morgan fingerprint density at radius 2 is 2.00 bits per heavy atom. The first-order chi connectivity index (χ1) is 8.56. The fourth-order valence-electron chi connectivity index (χ4n) is 3.21. The number of hydrogen-bond donors (Lipinski definition) is 2. The van der Waals surface area contributed by atoms with Gasteiger partial charge in [-0.1, -0.05) is 6.42 Å². The van der Waals surface area contributed by atoms with Crippen LogP contribution in [0.15, 0.2) is 0 Å². The van der Waals surface area contributed by atoms with E-state index in [4.69, 9.17) is 0 Å². The van der Waals surface area contributed by atoms with Gasteiger partial charge in [-0.25, -0.2) is 0 Å². The van der Waals surface area contributed by atoms with E-state index >= 15 is 0 Å². The molecule has 0 aromatic heterocycles. The molecule has 0 spiro atoms. The number of rotatable bonds is 5. The van der Waals surface area contributed by atoms with Gasteiger partial charge in [-0.2, -0.15) is 13.2 Å². The van der Waals surface area contributed by atoms with Crippen LogP contribution in [0.1, 0.15) is 32.1 Å². The predicted molar refractivity (Wildman–Crippen MR) is 68.7 cm³/mol. The number of thioether (sulfide) groups is 1. The topological polar surface area (TPSA) is 24.1 Å². The van der Waals surface area contributed by atoms with Gasteiger partial charge in [-0.3, -0.25) is 0 Å². The molecule has 0 bridgehead atoms. The monoisotopic (exact) mass is 282 g/mol. The van der Waals surface area contributed by atoms with Crippen LogP contribution in [0.25, 0.3) is 0 Å². The standard InChI is InChI=1S/C12H21F3N2S/c13-12(14,15)18-8-7-17-10-4-1-3-9(10)11-5-2-6-16-11/h9-11,16-17H,1-8H2. The van der Waals surface area contributed by atoms with E-state index in [0.29, 0.717) is 24.5 Å². The van der Waals surface area contributed by atoms with Crippen LogP contribution in [0.4, 0.5) is 13.2 Å². The third kappa shape index (κ3) is 4.31. The Kier molecular flexibility index (Phi) is 5.21. The zero-order chi connectivity index (χ0) is 13.0. The van der Waals surface area contributed by atoms with Crippen LogP contribution in [0.2, 0.25) is 0 Å². The van der Waals surface area contributed by atoms with Crippen molar-refractivity contribution in [3.8, 4) is 0 Å². The summed E-state index contributed by atoms with van der Waals surface area (Å²) in [7, 11) is 0. The van der Waals surface area contributed by atoms with Gasteiger partial charge in [0.05, 0.1) is 0 Å². The molecule has 2 N–H and O–H groups in total. The lowest BCUT2D eigenvalue weighted by Crippen LogP contribution is -2.42. The van der Waals surface area contributed by atoms with Gasteiger partial charge in [0, 0.05) is 24.4 Å². The third-order valence-electron chi connectivity index (χ3n) is 3.96. The molecule has 106 valence electrons. The zero-order valence-corrected chi connectivity index (χ0v) is 11.2. The van der Waals surface area contributed by atoms with E-state index in [1.165, 1.54) is 25.7 Å². The highest BCUT2D eigenvalue weighted by molar-refractivity contribution is 8.00. The lowest BCUT2D eigenvalue weighted by Gasteiger charge is -2.26. The average molecular weight is 282 g/mol. The van der Waals surface area contributed by atoms with Crippen LogP contribution in [0, 0.1) is 5.92 Å². The molecule has 3 atom stereocenters. The zero-order valence-electron chi connectivity index (χ0n) is 10.4. The molecular formula is C12H21F3N2S. The van der Waals surface area contributed by atoms with Gasteiger partial charge >= 0.3 is 5.51 Å². The second-order valence-electron chi connectivity index (χ2n) is 5.15. The summed E-state index contributed by atoms with van der Waals surface area (Å²) in [6.45, 7) is 1.55. The molecule has 2 nitrogen and oxygen atoms in total. The van der Waals surface area contributed by atoms with Gasteiger partial charge in [-0.15, -0.1) is 0 Å².